The van der Waals surface area contributed by atoms with Crippen molar-refractivity contribution in [3.63, 3.8) is 0 Å². The minimum absolute atomic E-state index is 0.0513. The summed E-state index contributed by atoms with van der Waals surface area (Å²) in [5, 5.41) is 1.89. The first kappa shape index (κ1) is 12.9. The van der Waals surface area contributed by atoms with Crippen molar-refractivity contribution < 1.29 is 4.79 Å². The molecule has 2 nitrogen and oxygen atoms in total. The predicted octanol–water partition coefficient (Wildman–Crippen LogP) is 3.43. The van der Waals surface area contributed by atoms with Crippen molar-refractivity contribution in [1.29, 1.82) is 0 Å². The quantitative estimate of drug-likeness (QED) is 0.776. The highest BCUT2D eigenvalue weighted by molar-refractivity contribution is 6.30. The second-order valence-corrected chi connectivity index (χ2v) is 5.10. The first-order valence-electron chi connectivity index (χ1n) is 5.95. The van der Waals surface area contributed by atoms with Crippen LogP contribution in [0.15, 0.2) is 42.5 Å². The fourth-order valence-corrected chi connectivity index (χ4v) is 2.23. The summed E-state index contributed by atoms with van der Waals surface area (Å²) in [7, 11) is 1.78. The molecule has 0 bridgehead atoms. The van der Waals surface area contributed by atoms with E-state index >= 15 is 0 Å². The molecule has 0 saturated carbocycles. The maximum absolute atomic E-state index is 11.8. The van der Waals surface area contributed by atoms with Crippen LogP contribution in [-0.4, -0.2) is 23.2 Å². The summed E-state index contributed by atoms with van der Waals surface area (Å²) in [6.45, 7) is 2.28. The highest BCUT2D eigenvalue weighted by Crippen LogP contribution is 2.20. The van der Waals surface area contributed by atoms with Gasteiger partial charge in [-0.25, -0.2) is 0 Å². The normalized spacial score (nSPS) is 12.4. The first-order valence-corrected chi connectivity index (χ1v) is 6.39. The smallest absolute Gasteiger partial charge is 0.240 e. The van der Waals surface area contributed by atoms with Gasteiger partial charge in [0.05, 0.1) is 0 Å². The highest BCUT2D eigenvalue weighted by Gasteiger charge is 2.15. The lowest BCUT2D eigenvalue weighted by Crippen LogP contribution is -2.31. The number of hydrogen-bond donors (Lipinski definition) is 0. The Kier molecular flexibility index (Phi) is 3.87. The molecule has 3 heteroatoms. The molecule has 94 valence electrons. The molecule has 2 rings (SSSR count). The van der Waals surface area contributed by atoms with Gasteiger partial charge in [-0.1, -0.05) is 42.5 Å². The monoisotopic (exact) mass is 261 g/mol. The summed E-state index contributed by atoms with van der Waals surface area (Å²) in [5.74, 6) is -0.0513. The third-order valence-corrected chi connectivity index (χ3v) is 3.19. The number of benzene rings is 2. The van der Waals surface area contributed by atoms with Crippen molar-refractivity contribution in [2.24, 2.45) is 0 Å². The fraction of sp³-hybridized carbons (Fsp3) is 0.267. The van der Waals surface area contributed by atoms with Crippen LogP contribution in [0.1, 0.15) is 12.5 Å². The van der Waals surface area contributed by atoms with Gasteiger partial charge in [-0.05, 0) is 23.3 Å². The van der Waals surface area contributed by atoms with Crippen LogP contribution in [-0.2, 0) is 11.3 Å². The molecule has 0 aromatic heterocycles. The Morgan fingerprint density at radius 3 is 2.61 bits per heavy atom. The Morgan fingerprint density at radius 1 is 1.22 bits per heavy atom. The molecule has 0 fully saturated rings. The highest BCUT2D eigenvalue weighted by atomic mass is 35.5. The molecule has 0 aliphatic carbocycles. The van der Waals surface area contributed by atoms with Crippen molar-refractivity contribution in [2.75, 3.05) is 7.05 Å². The van der Waals surface area contributed by atoms with Gasteiger partial charge in [0.15, 0.2) is 0 Å². The largest absolute Gasteiger partial charge is 0.340 e. The molecule has 0 spiro atoms. The number of amides is 1. The van der Waals surface area contributed by atoms with Gasteiger partial charge in [0, 0.05) is 13.6 Å². The van der Waals surface area contributed by atoms with Crippen LogP contribution in [0.25, 0.3) is 10.8 Å². The Balaban J connectivity index is 2.29. The SMILES string of the molecule is CC(Cl)C(=O)N(C)Cc1cccc2ccccc12. The number of nitrogens with zero attached hydrogens (tertiary/aromatic N) is 1. The van der Waals surface area contributed by atoms with Crippen LogP contribution in [0, 0.1) is 0 Å². The Hall–Kier alpha value is -1.54. The molecule has 0 N–H and O–H groups in total. The van der Waals surface area contributed by atoms with E-state index in [0.29, 0.717) is 6.54 Å². The fourth-order valence-electron chi connectivity index (χ4n) is 2.07. The molecule has 1 unspecified atom stereocenters. The van der Waals surface area contributed by atoms with Crippen LogP contribution in [0.4, 0.5) is 0 Å². The van der Waals surface area contributed by atoms with E-state index in [0.717, 1.165) is 5.56 Å². The van der Waals surface area contributed by atoms with Gasteiger partial charge < -0.3 is 4.90 Å². The van der Waals surface area contributed by atoms with Crippen molar-refractivity contribution in [3.8, 4) is 0 Å². The van der Waals surface area contributed by atoms with Gasteiger partial charge in [0.2, 0.25) is 5.91 Å². The van der Waals surface area contributed by atoms with E-state index in [-0.39, 0.29) is 5.91 Å². The minimum atomic E-state index is -0.482. The van der Waals surface area contributed by atoms with Gasteiger partial charge in [0.1, 0.15) is 5.38 Å². The van der Waals surface area contributed by atoms with Gasteiger partial charge in [0.25, 0.3) is 0 Å². The van der Waals surface area contributed by atoms with Gasteiger partial charge >= 0.3 is 0 Å². The summed E-state index contributed by atoms with van der Waals surface area (Å²) in [6.07, 6.45) is 0. The maximum atomic E-state index is 11.8. The lowest BCUT2D eigenvalue weighted by molar-refractivity contribution is -0.129. The van der Waals surface area contributed by atoms with E-state index in [2.05, 4.69) is 18.2 Å². The molecule has 2 aromatic rings. The molecule has 0 aliphatic rings. The predicted molar refractivity (Wildman–Crippen MR) is 75.7 cm³/mol. The summed E-state index contributed by atoms with van der Waals surface area (Å²) in [4.78, 5) is 13.4. The number of rotatable bonds is 3. The number of hydrogen-bond acceptors (Lipinski definition) is 1. The summed E-state index contributed by atoms with van der Waals surface area (Å²) < 4.78 is 0. The topological polar surface area (TPSA) is 20.3 Å². The zero-order chi connectivity index (χ0) is 13.1. The molecule has 2 aromatic carbocycles. The molecule has 0 heterocycles. The molecule has 0 aliphatic heterocycles. The molecule has 1 atom stereocenters. The zero-order valence-corrected chi connectivity index (χ0v) is 11.3. The average molecular weight is 262 g/mol. The molecule has 1 amide bonds. The van der Waals surface area contributed by atoms with Crippen molar-refractivity contribution in [2.45, 2.75) is 18.8 Å². The summed E-state index contributed by atoms with van der Waals surface area (Å²) in [6, 6.07) is 14.3. The second kappa shape index (κ2) is 5.40. The average Bonchev–Trinajstić information content (AvgIpc) is 2.38. The third-order valence-electron chi connectivity index (χ3n) is 3.00. The Labute approximate surface area is 112 Å². The molecule has 18 heavy (non-hydrogen) atoms. The van der Waals surface area contributed by atoms with Crippen molar-refractivity contribution in [3.05, 3.63) is 48.0 Å². The number of fused-ring (bicyclic) bond motifs is 1. The van der Waals surface area contributed by atoms with Crippen LogP contribution in [0.5, 0.6) is 0 Å². The molecular formula is C15H16ClNO. The van der Waals surface area contributed by atoms with E-state index in [1.54, 1.807) is 18.9 Å². The number of carbonyl (C=O) groups is 1. The van der Waals surface area contributed by atoms with Gasteiger partial charge in [-0.15, -0.1) is 11.6 Å². The second-order valence-electron chi connectivity index (χ2n) is 4.45. The van der Waals surface area contributed by atoms with Crippen LogP contribution in [0.2, 0.25) is 0 Å². The van der Waals surface area contributed by atoms with E-state index in [4.69, 9.17) is 11.6 Å². The van der Waals surface area contributed by atoms with Crippen LogP contribution >= 0.6 is 11.6 Å². The van der Waals surface area contributed by atoms with Crippen LogP contribution < -0.4 is 0 Å². The van der Waals surface area contributed by atoms with Gasteiger partial charge in [-0.3, -0.25) is 4.79 Å². The van der Waals surface area contributed by atoms with E-state index < -0.39 is 5.38 Å². The number of alkyl halides is 1. The van der Waals surface area contributed by atoms with Crippen LogP contribution in [0.3, 0.4) is 0 Å². The van der Waals surface area contributed by atoms with Gasteiger partial charge in [-0.2, -0.15) is 0 Å². The van der Waals surface area contributed by atoms with Crippen molar-refractivity contribution in [1.82, 2.24) is 4.90 Å². The van der Waals surface area contributed by atoms with E-state index in [1.165, 1.54) is 10.8 Å². The van der Waals surface area contributed by atoms with E-state index in [1.807, 2.05) is 24.3 Å². The Morgan fingerprint density at radius 2 is 1.89 bits per heavy atom. The first-order chi connectivity index (χ1) is 8.59. The number of carbonyl (C=O) groups excluding carboxylic acids is 1. The Bertz CT molecular complexity index is 560. The lowest BCUT2D eigenvalue weighted by atomic mass is 10.0. The molecule has 0 saturated heterocycles. The minimum Gasteiger partial charge on any atom is -0.340 e. The molecule has 0 radical (unpaired) electrons. The third kappa shape index (κ3) is 2.65. The summed E-state index contributed by atoms with van der Waals surface area (Å²) >= 11 is 5.82. The standard InChI is InChI=1S/C15H16ClNO/c1-11(16)15(18)17(2)10-13-8-5-7-12-6-3-4-9-14(12)13/h3-9,11H,10H2,1-2H3. The maximum Gasteiger partial charge on any atom is 0.240 e. The zero-order valence-electron chi connectivity index (χ0n) is 10.6. The summed E-state index contributed by atoms with van der Waals surface area (Å²) in [5.41, 5.74) is 1.14. The number of halogens is 1. The van der Waals surface area contributed by atoms with Crippen molar-refractivity contribution >= 4 is 28.3 Å². The molecular weight excluding hydrogens is 246 g/mol. The lowest BCUT2D eigenvalue weighted by Gasteiger charge is -2.19. The van der Waals surface area contributed by atoms with E-state index in [9.17, 15) is 4.79 Å².